The highest BCUT2D eigenvalue weighted by Crippen LogP contribution is 2.43. The van der Waals surface area contributed by atoms with Crippen molar-refractivity contribution in [2.24, 2.45) is 0 Å². The Morgan fingerprint density at radius 1 is 0.641 bits per heavy atom. The molecule has 0 bridgehead atoms. The molecular formula is C26H30N2O7S4. The molecular weight excluding hydrogens is 581 g/mol. The van der Waals surface area contributed by atoms with Gasteiger partial charge in [-0.2, -0.15) is 10.5 Å². The Labute approximate surface area is 243 Å². The topological polar surface area (TPSA) is 189 Å². The van der Waals surface area contributed by atoms with E-state index in [9.17, 15) is 35.7 Å². The Morgan fingerprint density at radius 3 is 1.46 bits per heavy atom. The van der Waals surface area contributed by atoms with E-state index >= 15 is 0 Å². The average Bonchev–Trinajstić information content (AvgIpc) is 2.96. The summed E-state index contributed by atoms with van der Waals surface area (Å²) in [6, 6.07) is 18.0. The molecule has 0 radical (unpaired) electrons. The van der Waals surface area contributed by atoms with Crippen molar-refractivity contribution in [3.63, 3.8) is 0 Å². The van der Waals surface area contributed by atoms with E-state index in [2.05, 4.69) is 0 Å². The molecule has 2 aromatic carbocycles. The average molecular weight is 611 g/mol. The fourth-order valence-corrected chi connectivity index (χ4v) is 9.69. The maximum atomic E-state index is 10.00. The molecule has 4 rings (SSSR count). The van der Waals surface area contributed by atoms with E-state index in [4.69, 9.17) is 10.5 Å². The van der Waals surface area contributed by atoms with Crippen molar-refractivity contribution in [1.82, 2.24) is 0 Å². The summed E-state index contributed by atoms with van der Waals surface area (Å²) in [7, 11) is 0. The lowest BCUT2D eigenvalue weighted by atomic mass is 10.1. The largest absolute Gasteiger partial charge is 0.395 e. The van der Waals surface area contributed by atoms with Crippen LogP contribution in [0.5, 0.6) is 0 Å². The number of nitriles is 2. The lowest BCUT2D eigenvalue weighted by molar-refractivity contribution is -0.0624. The van der Waals surface area contributed by atoms with Gasteiger partial charge >= 0.3 is 0 Å². The molecule has 0 aliphatic carbocycles. The van der Waals surface area contributed by atoms with E-state index in [1.54, 1.807) is 36.4 Å². The molecule has 2 aliphatic heterocycles. The van der Waals surface area contributed by atoms with Gasteiger partial charge < -0.3 is 35.7 Å². The van der Waals surface area contributed by atoms with Crippen molar-refractivity contribution in [3.8, 4) is 12.1 Å². The summed E-state index contributed by atoms with van der Waals surface area (Å²) in [5.41, 5.74) is 1.14. The third-order valence-electron chi connectivity index (χ3n) is 6.13. The van der Waals surface area contributed by atoms with Gasteiger partial charge in [-0.25, -0.2) is 0 Å². The van der Waals surface area contributed by atoms with Gasteiger partial charge in [0.15, 0.2) is 0 Å². The Kier molecular flexibility index (Phi) is 12.3. The number of rotatable bonds is 5. The third-order valence-corrected chi connectivity index (χ3v) is 12.1. The number of nitrogens with zero attached hydrogens (tertiary/aromatic N) is 2. The zero-order chi connectivity index (χ0) is 28.7. The lowest BCUT2D eigenvalue weighted by Crippen LogP contribution is -2.53. The van der Waals surface area contributed by atoms with Crippen LogP contribution in [0.25, 0.3) is 0 Å². The van der Waals surface area contributed by atoms with E-state index in [-0.39, 0.29) is 16.4 Å². The first-order valence-electron chi connectivity index (χ1n) is 11.9. The zero-order valence-electron chi connectivity index (χ0n) is 20.8. The van der Waals surface area contributed by atoms with Crippen LogP contribution in [-0.4, -0.2) is 98.6 Å². The van der Waals surface area contributed by atoms with Gasteiger partial charge in [-0.15, -0.1) is 47.0 Å². The fraction of sp³-hybridized carbons (Fsp3) is 0.462. The van der Waals surface area contributed by atoms with Crippen molar-refractivity contribution in [2.45, 2.75) is 73.0 Å². The minimum absolute atomic E-state index is 0.130. The van der Waals surface area contributed by atoms with Gasteiger partial charge in [0.25, 0.3) is 0 Å². The minimum atomic E-state index is -1.27. The van der Waals surface area contributed by atoms with Crippen LogP contribution in [-0.2, 0) is 0 Å². The van der Waals surface area contributed by atoms with Crippen LogP contribution in [0.3, 0.4) is 0 Å². The second-order valence-corrected chi connectivity index (χ2v) is 14.8. The van der Waals surface area contributed by atoms with Crippen LogP contribution in [0.15, 0.2) is 58.3 Å². The Hall–Kier alpha value is -1.46. The molecule has 10 atom stereocenters. The summed E-state index contributed by atoms with van der Waals surface area (Å²) in [6.07, 6.45) is -6.50. The first-order chi connectivity index (χ1) is 18.6. The normalized spacial score (nSPS) is 34.2. The first kappa shape index (κ1) is 32.1. The molecule has 9 nitrogen and oxygen atoms in total. The predicted octanol–water partition coefficient (Wildman–Crippen LogP) is 1.36. The van der Waals surface area contributed by atoms with Crippen molar-refractivity contribution < 1.29 is 35.7 Å². The molecule has 2 aromatic rings. The Bertz CT molecular complexity index is 1140. The quantitative estimate of drug-likeness (QED) is 0.257. The standard InChI is InChI=1S/C13H15NO4S2.C13H15NO3S2/c14-5-7-1-3-8(4-2-7)19-13-12(18)11(17)10(16)9(6-15)20-13;1-7-10(15)11(16)12(17)13(18-7)19-9-4-2-8(6-14)3-5-9/h1-4,9-13,15-18H,6H2;2-5,7,10-13,15-17H,1H3/t9-,10-,11+,12-,13-;7-,10-,11+,12-,13+/m11/s1. The highest BCUT2D eigenvalue weighted by Gasteiger charge is 2.43. The van der Waals surface area contributed by atoms with E-state index in [0.29, 0.717) is 11.1 Å². The fourth-order valence-electron chi connectivity index (χ4n) is 3.76. The summed E-state index contributed by atoms with van der Waals surface area (Å²) >= 11 is 5.47. The molecule has 13 heteroatoms. The van der Waals surface area contributed by atoms with Crippen LogP contribution in [0, 0.1) is 22.7 Å². The van der Waals surface area contributed by atoms with Crippen molar-refractivity contribution in [2.75, 3.05) is 6.61 Å². The van der Waals surface area contributed by atoms with Gasteiger partial charge in [0, 0.05) is 15.0 Å². The summed E-state index contributed by atoms with van der Waals surface area (Å²) in [4.78, 5) is 1.77. The lowest BCUT2D eigenvalue weighted by Gasteiger charge is -2.39. The second-order valence-electron chi connectivity index (χ2n) is 8.89. The van der Waals surface area contributed by atoms with Gasteiger partial charge in [0.2, 0.25) is 0 Å². The van der Waals surface area contributed by atoms with E-state index in [1.807, 2.05) is 31.2 Å². The maximum absolute atomic E-state index is 10.00. The van der Waals surface area contributed by atoms with Crippen LogP contribution in [0.4, 0.5) is 0 Å². The molecule has 2 heterocycles. The SMILES string of the molecule is C[C@H]1S[C@@H](Sc2ccc(C#N)cc2)[C@H](O)[C@@H](O)[C@@H]1O.N#Cc1ccc(S[C@@H]2S[C@H](CO)[C@@H](O)[C@H](O)[C@H]2O)cc1. The molecule has 2 fully saturated rings. The summed E-state index contributed by atoms with van der Waals surface area (Å²) < 4.78 is -0.625. The number of hydrogen-bond donors (Lipinski definition) is 7. The van der Waals surface area contributed by atoms with Crippen LogP contribution in [0.1, 0.15) is 18.1 Å². The van der Waals surface area contributed by atoms with Gasteiger partial charge in [0.05, 0.1) is 56.5 Å². The number of hydrogen-bond acceptors (Lipinski definition) is 13. The molecule has 0 unspecified atom stereocenters. The molecule has 2 saturated heterocycles. The second kappa shape index (κ2) is 15.0. The van der Waals surface area contributed by atoms with E-state index < -0.39 is 46.5 Å². The first-order valence-corrected chi connectivity index (χ1v) is 15.6. The van der Waals surface area contributed by atoms with Crippen LogP contribution in [0.2, 0.25) is 0 Å². The van der Waals surface area contributed by atoms with Crippen molar-refractivity contribution in [3.05, 3.63) is 59.7 Å². The summed E-state index contributed by atoms with van der Waals surface area (Å²) in [6.45, 7) is 1.57. The predicted molar refractivity (Wildman–Crippen MR) is 153 cm³/mol. The van der Waals surface area contributed by atoms with Crippen molar-refractivity contribution in [1.29, 1.82) is 10.5 Å². The third kappa shape index (κ3) is 8.28. The minimum Gasteiger partial charge on any atom is -0.395 e. The summed E-state index contributed by atoms with van der Waals surface area (Å²) in [5, 5.41) is 85.0. The van der Waals surface area contributed by atoms with Gasteiger partial charge in [-0.05, 0) is 48.5 Å². The van der Waals surface area contributed by atoms with Gasteiger partial charge in [0.1, 0.15) is 24.4 Å². The molecule has 0 spiro atoms. The number of benzene rings is 2. The highest BCUT2D eigenvalue weighted by molar-refractivity contribution is 8.17. The van der Waals surface area contributed by atoms with Gasteiger partial charge in [-0.3, -0.25) is 0 Å². The smallest absolute Gasteiger partial charge is 0.109 e. The molecule has 2 aliphatic rings. The Balaban J connectivity index is 0.000000216. The Morgan fingerprint density at radius 2 is 1.05 bits per heavy atom. The van der Waals surface area contributed by atoms with E-state index in [0.717, 1.165) is 9.79 Å². The number of thioether (sulfide) groups is 4. The van der Waals surface area contributed by atoms with Gasteiger partial charge in [-0.1, -0.05) is 6.92 Å². The molecule has 39 heavy (non-hydrogen) atoms. The zero-order valence-corrected chi connectivity index (χ0v) is 24.0. The van der Waals surface area contributed by atoms with E-state index in [1.165, 1.54) is 47.0 Å². The summed E-state index contributed by atoms with van der Waals surface area (Å²) in [5.74, 6) is 0. The molecule has 210 valence electrons. The molecule has 0 amide bonds. The molecule has 7 N–H and O–H groups in total. The highest BCUT2D eigenvalue weighted by atomic mass is 32.2. The maximum Gasteiger partial charge on any atom is 0.109 e. The number of aliphatic hydroxyl groups excluding tert-OH is 7. The number of aliphatic hydroxyl groups is 7. The molecule has 0 saturated carbocycles. The van der Waals surface area contributed by atoms with Crippen molar-refractivity contribution >= 4 is 47.0 Å². The monoisotopic (exact) mass is 610 g/mol. The molecule has 0 aromatic heterocycles. The van der Waals surface area contributed by atoms with Crippen LogP contribution < -0.4 is 0 Å². The van der Waals surface area contributed by atoms with Crippen LogP contribution >= 0.6 is 47.0 Å².